The minimum atomic E-state index is 0. The van der Waals surface area contributed by atoms with E-state index in [4.69, 9.17) is 4.74 Å². The Morgan fingerprint density at radius 2 is 2.10 bits per heavy atom. The summed E-state index contributed by atoms with van der Waals surface area (Å²) in [6, 6.07) is 7.73. The quantitative estimate of drug-likeness (QED) is 0.606. The molecule has 1 aliphatic heterocycles. The minimum Gasteiger partial charge on any atom is -0.490 e. The predicted molar refractivity (Wildman–Crippen MR) is 75.4 cm³/mol. The van der Waals surface area contributed by atoms with Crippen LogP contribution in [0.4, 0.5) is 0 Å². The van der Waals surface area contributed by atoms with Gasteiger partial charge in [-0.25, -0.2) is 6.08 Å². The molecule has 0 N–H and O–H groups in total. The Bertz CT molecular complexity index is 494. The van der Waals surface area contributed by atoms with Crippen LogP contribution in [0.2, 0.25) is 0 Å². The van der Waals surface area contributed by atoms with E-state index < -0.39 is 0 Å². The molecule has 0 saturated carbocycles. The van der Waals surface area contributed by atoms with Crippen LogP contribution in [0, 0.1) is 6.08 Å². The molecule has 1 amide bonds. The van der Waals surface area contributed by atoms with Crippen molar-refractivity contribution >= 4 is 11.6 Å². The number of carbonyl (C=O) groups is 1. The molecule has 0 fully saturated rings. The minimum absolute atomic E-state index is 0. The Morgan fingerprint density at radius 1 is 1.40 bits per heavy atom. The van der Waals surface area contributed by atoms with Gasteiger partial charge in [-0.3, -0.25) is 4.79 Å². The van der Waals surface area contributed by atoms with E-state index in [0.717, 1.165) is 17.0 Å². The van der Waals surface area contributed by atoms with Gasteiger partial charge in [-0.2, -0.15) is 5.56 Å². The molecule has 2 rings (SSSR count). The molecule has 1 aromatic rings. The average Bonchev–Trinajstić information content (AvgIpc) is 2.45. The zero-order valence-corrected chi connectivity index (χ0v) is 14.6. The molecule has 0 unspecified atom stereocenters. The third-order valence-corrected chi connectivity index (χ3v) is 3.01. The van der Waals surface area contributed by atoms with Crippen LogP contribution >= 0.6 is 0 Å². The van der Waals surface area contributed by atoms with Gasteiger partial charge in [0.25, 0.3) is 0 Å². The van der Waals surface area contributed by atoms with Crippen molar-refractivity contribution < 1.29 is 42.2 Å². The summed E-state index contributed by atoms with van der Waals surface area (Å²) in [6.45, 7) is 6.76. The monoisotopic (exact) mass is 345 g/mol. The number of allylic oxidation sites excluding steroid dienone is 1. The first-order chi connectivity index (χ1) is 9.26. The van der Waals surface area contributed by atoms with Crippen molar-refractivity contribution in [2.45, 2.75) is 19.8 Å². The van der Waals surface area contributed by atoms with Crippen LogP contribution in [0.3, 0.4) is 0 Å². The van der Waals surface area contributed by atoms with Gasteiger partial charge in [-0.15, -0.1) is 24.3 Å². The number of hydrogen-bond donors (Lipinski definition) is 0. The van der Waals surface area contributed by atoms with E-state index in [-0.39, 0.29) is 38.6 Å². The maximum atomic E-state index is 11.8. The molecular weight excluding hydrogens is 327 g/mol. The van der Waals surface area contributed by atoms with Crippen LogP contribution in [-0.2, 0) is 37.5 Å². The molecule has 1 heterocycles. The molecule has 3 nitrogen and oxygen atoms in total. The van der Waals surface area contributed by atoms with Gasteiger partial charge in [-0.1, -0.05) is 12.7 Å². The van der Waals surface area contributed by atoms with Crippen molar-refractivity contribution in [1.82, 2.24) is 4.90 Å². The molecule has 20 heavy (non-hydrogen) atoms. The molecule has 1 aromatic carbocycles. The zero-order valence-electron chi connectivity index (χ0n) is 11.8. The molecular formula is C16H18NO2Y-. The normalized spacial score (nSPS) is 14.3. The van der Waals surface area contributed by atoms with Crippen molar-refractivity contribution in [2.75, 3.05) is 13.2 Å². The smallest absolute Gasteiger partial charge is 0.223 e. The summed E-state index contributed by atoms with van der Waals surface area (Å²) in [6.07, 6.45) is 6.25. The van der Waals surface area contributed by atoms with Gasteiger partial charge in [-0.05, 0) is 19.1 Å². The summed E-state index contributed by atoms with van der Waals surface area (Å²) in [4.78, 5) is 13.6. The first-order valence-corrected chi connectivity index (χ1v) is 6.51. The second kappa shape index (κ2) is 8.38. The summed E-state index contributed by atoms with van der Waals surface area (Å²) >= 11 is 0. The van der Waals surface area contributed by atoms with Crippen molar-refractivity contribution in [3.8, 4) is 5.75 Å². The second-order valence-electron chi connectivity index (χ2n) is 4.29. The van der Waals surface area contributed by atoms with E-state index in [1.54, 1.807) is 11.0 Å². The first kappa shape index (κ1) is 17.1. The van der Waals surface area contributed by atoms with Gasteiger partial charge in [0.2, 0.25) is 5.91 Å². The van der Waals surface area contributed by atoms with Crippen molar-refractivity contribution in [3.63, 3.8) is 0 Å². The van der Waals surface area contributed by atoms with Crippen molar-refractivity contribution in [2.24, 2.45) is 0 Å². The Balaban J connectivity index is 0.00000200. The zero-order chi connectivity index (χ0) is 13.7. The van der Waals surface area contributed by atoms with Crippen molar-refractivity contribution in [3.05, 3.63) is 48.6 Å². The number of carbonyl (C=O) groups excluding carboxylic acids is 1. The van der Waals surface area contributed by atoms with Crippen LogP contribution in [0.15, 0.2) is 36.9 Å². The second-order valence-corrected chi connectivity index (χ2v) is 4.29. The van der Waals surface area contributed by atoms with E-state index in [1.807, 2.05) is 31.2 Å². The van der Waals surface area contributed by atoms with Gasteiger partial charge in [0.1, 0.15) is 12.4 Å². The summed E-state index contributed by atoms with van der Waals surface area (Å²) in [5, 5.41) is 0. The van der Waals surface area contributed by atoms with Gasteiger partial charge in [0.15, 0.2) is 0 Å². The molecule has 0 spiro atoms. The Labute approximate surface area is 145 Å². The fourth-order valence-electron chi connectivity index (χ4n) is 2.10. The number of benzene rings is 1. The maximum absolute atomic E-state index is 11.8. The fourth-order valence-corrected chi connectivity index (χ4v) is 2.10. The van der Waals surface area contributed by atoms with E-state index in [9.17, 15) is 4.79 Å². The van der Waals surface area contributed by atoms with Gasteiger partial charge < -0.3 is 9.64 Å². The van der Waals surface area contributed by atoms with Gasteiger partial charge in [0, 0.05) is 45.7 Å². The van der Waals surface area contributed by atoms with Crippen LogP contribution in [-0.4, -0.2) is 24.0 Å². The van der Waals surface area contributed by atoms with E-state index in [0.29, 0.717) is 26.0 Å². The van der Waals surface area contributed by atoms with Crippen LogP contribution in [0.25, 0.3) is 5.70 Å². The standard InChI is InChI=1S/C16H18NO2.Y/c1-3-12-19-14-10-8-13(9-11-14)15-6-5-7-16(18)17(15)4-2;/h3,8-11H,1,4-5,7,12H2,2H3;/q-1;. The third-order valence-electron chi connectivity index (χ3n) is 3.01. The summed E-state index contributed by atoms with van der Waals surface area (Å²) < 4.78 is 5.44. The number of nitrogens with zero attached hydrogens (tertiary/aromatic N) is 1. The molecule has 0 bridgehead atoms. The first-order valence-electron chi connectivity index (χ1n) is 6.51. The largest absolute Gasteiger partial charge is 0.490 e. The molecule has 0 saturated heterocycles. The topological polar surface area (TPSA) is 29.5 Å². The Kier molecular flexibility index (Phi) is 7.18. The SMILES string of the molecule is C=CCOc1ccc(C2=[C-]CCC(=O)N2CC)cc1.[Y]. The predicted octanol–water partition coefficient (Wildman–Crippen LogP) is 3.04. The number of rotatable bonds is 5. The van der Waals surface area contributed by atoms with Crippen molar-refractivity contribution in [1.29, 1.82) is 0 Å². The number of amides is 1. The molecule has 0 aromatic heterocycles. The van der Waals surface area contributed by atoms with Crippen LogP contribution in [0.1, 0.15) is 25.3 Å². The van der Waals surface area contributed by atoms with Gasteiger partial charge in [0.05, 0.1) is 0 Å². The van der Waals surface area contributed by atoms with Crippen LogP contribution in [0.5, 0.6) is 5.75 Å². The number of hydrogen-bond acceptors (Lipinski definition) is 2. The maximum Gasteiger partial charge on any atom is 0.223 e. The van der Waals surface area contributed by atoms with E-state index in [2.05, 4.69) is 12.7 Å². The molecule has 103 valence electrons. The summed E-state index contributed by atoms with van der Waals surface area (Å²) in [5.74, 6) is 0.970. The molecule has 1 aliphatic rings. The summed E-state index contributed by atoms with van der Waals surface area (Å²) in [5.41, 5.74) is 1.88. The third kappa shape index (κ3) is 4.03. The molecule has 0 atom stereocenters. The average molecular weight is 345 g/mol. The number of ether oxygens (including phenoxy) is 1. The summed E-state index contributed by atoms with van der Waals surface area (Å²) in [7, 11) is 0. The molecule has 4 heteroatoms. The Morgan fingerprint density at radius 3 is 2.70 bits per heavy atom. The fraction of sp³-hybridized carbons (Fsp3) is 0.312. The van der Waals surface area contributed by atoms with E-state index >= 15 is 0 Å². The van der Waals surface area contributed by atoms with Gasteiger partial charge >= 0.3 is 0 Å². The van der Waals surface area contributed by atoms with E-state index in [1.165, 1.54) is 0 Å². The Hall–Kier alpha value is -0.926. The molecule has 0 aliphatic carbocycles. The molecule has 1 radical (unpaired) electrons. The van der Waals surface area contributed by atoms with Crippen LogP contribution < -0.4 is 4.74 Å².